The average molecular weight is 502 g/mol. The van der Waals surface area contributed by atoms with E-state index in [-0.39, 0.29) is 17.8 Å². The number of benzene rings is 2. The number of nitrogens with zero attached hydrogens (tertiary/aromatic N) is 4. The van der Waals surface area contributed by atoms with E-state index in [1.54, 1.807) is 32.5 Å². The van der Waals surface area contributed by atoms with Crippen molar-refractivity contribution in [2.24, 2.45) is 0 Å². The first-order valence-electron chi connectivity index (χ1n) is 11.2. The molecule has 3 heterocycles. The summed E-state index contributed by atoms with van der Waals surface area (Å²) in [7, 11) is 3.20. The van der Waals surface area contributed by atoms with Gasteiger partial charge >= 0.3 is 0 Å². The summed E-state index contributed by atoms with van der Waals surface area (Å²) in [5.41, 5.74) is 3.12. The van der Waals surface area contributed by atoms with Crippen LogP contribution >= 0.6 is 12.2 Å². The molecule has 4 aromatic rings. The van der Waals surface area contributed by atoms with Crippen LogP contribution in [0.1, 0.15) is 23.5 Å². The number of thiocarbonyl (C=S) groups is 1. The lowest BCUT2D eigenvalue weighted by Gasteiger charge is -2.30. The largest absolute Gasteiger partial charge is 0.497 e. The lowest BCUT2D eigenvalue weighted by molar-refractivity contribution is -0.384. The van der Waals surface area contributed by atoms with E-state index in [1.165, 1.54) is 6.07 Å². The summed E-state index contributed by atoms with van der Waals surface area (Å²) in [6, 6.07) is 21.1. The van der Waals surface area contributed by atoms with E-state index in [4.69, 9.17) is 21.7 Å². The fraction of sp³-hybridized carbons (Fsp3) is 0.154. The Labute approximate surface area is 213 Å². The summed E-state index contributed by atoms with van der Waals surface area (Å²) in [5.74, 6) is 1.25. The number of aromatic nitrogens is 2. The van der Waals surface area contributed by atoms with Crippen LogP contribution in [-0.4, -0.2) is 33.8 Å². The van der Waals surface area contributed by atoms with E-state index in [0.717, 1.165) is 17.1 Å². The first-order chi connectivity index (χ1) is 17.5. The maximum absolute atomic E-state index is 11.4. The van der Waals surface area contributed by atoms with Crippen molar-refractivity contribution in [3.05, 3.63) is 107 Å². The van der Waals surface area contributed by atoms with E-state index in [1.807, 2.05) is 70.3 Å². The molecule has 1 saturated heterocycles. The molecular weight excluding hydrogens is 478 g/mol. The number of hydrogen-bond donors (Lipinski definition) is 1. The first kappa shape index (κ1) is 23.3. The van der Waals surface area contributed by atoms with Gasteiger partial charge in [-0.2, -0.15) is 0 Å². The number of nitro benzene ring substituents is 1. The Morgan fingerprint density at radius 3 is 2.61 bits per heavy atom. The number of nitro groups is 1. The maximum atomic E-state index is 11.4. The Kier molecular flexibility index (Phi) is 6.26. The molecule has 2 unspecified atom stereocenters. The van der Waals surface area contributed by atoms with Crippen molar-refractivity contribution in [3.63, 3.8) is 0 Å². The predicted molar refractivity (Wildman–Crippen MR) is 140 cm³/mol. The van der Waals surface area contributed by atoms with Gasteiger partial charge in [-0.25, -0.2) is 0 Å². The molecule has 182 valence electrons. The molecule has 1 aliphatic rings. The third kappa shape index (κ3) is 4.11. The Bertz CT molecular complexity index is 1420. The highest BCUT2D eigenvalue weighted by atomic mass is 32.1. The zero-order valence-corrected chi connectivity index (χ0v) is 20.4. The minimum Gasteiger partial charge on any atom is -0.497 e. The molecule has 1 aliphatic heterocycles. The summed E-state index contributed by atoms with van der Waals surface area (Å²) in [6.07, 6.45) is 3.63. The smallest absolute Gasteiger partial charge is 0.271 e. The van der Waals surface area contributed by atoms with Gasteiger partial charge in [0, 0.05) is 36.3 Å². The van der Waals surface area contributed by atoms with Gasteiger partial charge in [0.25, 0.3) is 5.69 Å². The SMILES string of the molecule is COc1ccc(N2C(=S)NC(c3ccccn3)C2c2cccn2-c2cccc([N+](=O)[O-])c2)c(OC)c1. The van der Waals surface area contributed by atoms with Gasteiger partial charge < -0.3 is 24.3 Å². The number of rotatable bonds is 7. The second-order valence-corrected chi connectivity index (χ2v) is 8.50. The van der Waals surface area contributed by atoms with Crippen LogP contribution in [0.5, 0.6) is 11.5 Å². The Morgan fingerprint density at radius 2 is 1.89 bits per heavy atom. The lowest BCUT2D eigenvalue weighted by atomic mass is 10.0. The van der Waals surface area contributed by atoms with Crippen LogP contribution in [-0.2, 0) is 0 Å². The number of pyridine rings is 1. The fourth-order valence-corrected chi connectivity index (χ4v) is 4.86. The van der Waals surface area contributed by atoms with E-state index in [9.17, 15) is 10.1 Å². The van der Waals surface area contributed by atoms with E-state index < -0.39 is 4.92 Å². The highest BCUT2D eigenvalue weighted by molar-refractivity contribution is 7.80. The molecule has 0 spiro atoms. The minimum atomic E-state index is -0.399. The van der Waals surface area contributed by atoms with Gasteiger partial charge in [-0.15, -0.1) is 0 Å². The topological polar surface area (TPSA) is 94.7 Å². The van der Waals surface area contributed by atoms with Gasteiger partial charge in [0.2, 0.25) is 0 Å². The van der Waals surface area contributed by atoms with Gasteiger partial charge in [-0.1, -0.05) is 12.1 Å². The molecule has 1 N–H and O–H groups in total. The third-order valence-electron chi connectivity index (χ3n) is 6.15. The van der Waals surface area contributed by atoms with Crippen molar-refractivity contribution in [2.45, 2.75) is 12.1 Å². The quantitative estimate of drug-likeness (QED) is 0.215. The normalized spacial score (nSPS) is 17.1. The van der Waals surface area contributed by atoms with Crippen molar-refractivity contribution in [1.29, 1.82) is 0 Å². The summed E-state index contributed by atoms with van der Waals surface area (Å²) < 4.78 is 13.0. The third-order valence-corrected chi connectivity index (χ3v) is 6.46. The number of nitrogens with one attached hydrogen (secondary N) is 1. The molecule has 2 aromatic carbocycles. The monoisotopic (exact) mass is 501 g/mol. The van der Waals surface area contributed by atoms with Crippen molar-refractivity contribution < 1.29 is 14.4 Å². The van der Waals surface area contributed by atoms with Crippen LogP contribution in [0.3, 0.4) is 0 Å². The minimum absolute atomic E-state index is 0.0159. The van der Waals surface area contributed by atoms with Crippen molar-refractivity contribution >= 4 is 28.7 Å². The van der Waals surface area contributed by atoms with Gasteiger partial charge in [-0.3, -0.25) is 15.1 Å². The van der Waals surface area contributed by atoms with Gasteiger partial charge in [-0.05, 0) is 54.7 Å². The molecular formula is C26H23N5O4S. The number of methoxy groups -OCH3 is 2. The second kappa shape index (κ2) is 9.67. The van der Waals surface area contributed by atoms with Crippen LogP contribution in [0.4, 0.5) is 11.4 Å². The van der Waals surface area contributed by atoms with Crippen molar-refractivity contribution in [1.82, 2.24) is 14.9 Å². The lowest BCUT2D eigenvalue weighted by Crippen LogP contribution is -2.30. The maximum Gasteiger partial charge on any atom is 0.271 e. The van der Waals surface area contributed by atoms with E-state index in [0.29, 0.717) is 22.3 Å². The molecule has 5 rings (SSSR count). The number of non-ortho nitro benzene ring substituents is 1. The Morgan fingerprint density at radius 1 is 1.03 bits per heavy atom. The average Bonchev–Trinajstić information content (AvgIpc) is 3.53. The van der Waals surface area contributed by atoms with Gasteiger partial charge in [0.05, 0.1) is 42.3 Å². The molecule has 10 heteroatoms. The highest BCUT2D eigenvalue weighted by Gasteiger charge is 2.43. The molecule has 9 nitrogen and oxygen atoms in total. The molecule has 0 radical (unpaired) electrons. The molecule has 0 bridgehead atoms. The summed E-state index contributed by atoms with van der Waals surface area (Å²) >= 11 is 5.84. The number of hydrogen-bond acceptors (Lipinski definition) is 6. The molecule has 2 aromatic heterocycles. The van der Waals surface area contributed by atoms with Gasteiger partial charge in [0.1, 0.15) is 17.5 Å². The zero-order valence-electron chi connectivity index (χ0n) is 19.6. The fourth-order valence-electron chi connectivity index (χ4n) is 4.53. The standard InChI is InChI=1S/C26H23N5O4S/c1-34-19-11-12-21(23(16-19)35-2)30-25(24(28-26(30)36)20-9-3-4-13-27-20)22-10-6-14-29(22)17-7-5-8-18(15-17)31(32)33/h3-16,24-25H,1-2H3,(H,28,36). The number of ether oxygens (including phenoxy) is 2. The second-order valence-electron chi connectivity index (χ2n) is 8.11. The molecule has 2 atom stereocenters. The van der Waals surface area contributed by atoms with Crippen LogP contribution < -0.4 is 19.7 Å². The summed E-state index contributed by atoms with van der Waals surface area (Å²) in [4.78, 5) is 17.6. The first-order valence-corrected chi connectivity index (χ1v) is 11.6. The number of anilines is 1. The zero-order chi connectivity index (χ0) is 25.2. The Hall–Kier alpha value is -4.44. The summed E-state index contributed by atoms with van der Waals surface area (Å²) in [6.45, 7) is 0. The molecule has 0 aliphatic carbocycles. The Balaban J connectivity index is 1.69. The molecule has 0 saturated carbocycles. The molecule has 1 fully saturated rings. The van der Waals surface area contributed by atoms with Crippen molar-refractivity contribution in [2.75, 3.05) is 19.1 Å². The van der Waals surface area contributed by atoms with Crippen LogP contribution in [0.25, 0.3) is 5.69 Å². The molecule has 36 heavy (non-hydrogen) atoms. The highest BCUT2D eigenvalue weighted by Crippen LogP contribution is 2.45. The summed E-state index contributed by atoms with van der Waals surface area (Å²) in [5, 5.41) is 15.4. The molecule has 0 amide bonds. The van der Waals surface area contributed by atoms with Crippen LogP contribution in [0.2, 0.25) is 0 Å². The van der Waals surface area contributed by atoms with Crippen LogP contribution in [0, 0.1) is 10.1 Å². The van der Waals surface area contributed by atoms with E-state index >= 15 is 0 Å². The van der Waals surface area contributed by atoms with Crippen LogP contribution in [0.15, 0.2) is 85.2 Å². The van der Waals surface area contributed by atoms with Gasteiger partial charge in [0.15, 0.2) is 5.11 Å². The van der Waals surface area contributed by atoms with E-state index in [2.05, 4.69) is 10.3 Å². The van der Waals surface area contributed by atoms with Crippen molar-refractivity contribution in [3.8, 4) is 17.2 Å². The predicted octanol–water partition coefficient (Wildman–Crippen LogP) is 4.97.